The van der Waals surface area contributed by atoms with E-state index in [0.717, 1.165) is 0 Å². The topological polar surface area (TPSA) is 165 Å². The zero-order chi connectivity index (χ0) is 28.6. The lowest BCUT2D eigenvalue weighted by molar-refractivity contribution is -0.138. The molecule has 11 nitrogen and oxygen atoms in total. The number of aliphatic hydroxyl groups is 1. The highest BCUT2D eigenvalue weighted by atomic mass is 16.4. The van der Waals surface area contributed by atoms with Gasteiger partial charge in [-0.1, -0.05) is 78.9 Å². The molecule has 2 unspecified atom stereocenters. The molecule has 0 aromatic heterocycles. The molecule has 3 atom stereocenters. The first-order valence-corrected chi connectivity index (χ1v) is 12.3. The van der Waals surface area contributed by atoms with Gasteiger partial charge in [-0.2, -0.15) is 0 Å². The molecule has 0 fully saturated rings. The number of nitrogens with zero attached hydrogens (tertiary/aromatic N) is 2. The SMILES string of the molecule is O=C[C@H](CC(=O)O)NC(O)CN1C(=O)C(NC(=O)C(=O)c2ccccc2)N=C(c2ccccc2)c2ccccc21. The molecule has 1 aliphatic rings. The van der Waals surface area contributed by atoms with Crippen LogP contribution in [-0.4, -0.2) is 70.8 Å². The summed E-state index contributed by atoms with van der Waals surface area (Å²) < 4.78 is 0. The first kappa shape index (κ1) is 28.0. The lowest BCUT2D eigenvalue weighted by Crippen LogP contribution is -2.53. The van der Waals surface area contributed by atoms with E-state index in [1.54, 1.807) is 66.7 Å². The van der Waals surface area contributed by atoms with E-state index in [0.29, 0.717) is 28.8 Å². The van der Waals surface area contributed by atoms with Crippen molar-refractivity contribution in [1.82, 2.24) is 10.6 Å². The van der Waals surface area contributed by atoms with Crippen LogP contribution in [0.25, 0.3) is 0 Å². The van der Waals surface area contributed by atoms with Gasteiger partial charge in [0.15, 0.2) is 0 Å². The fourth-order valence-electron chi connectivity index (χ4n) is 4.26. The summed E-state index contributed by atoms with van der Waals surface area (Å²) in [5.74, 6) is -3.91. The second-order valence-electron chi connectivity index (χ2n) is 8.90. The van der Waals surface area contributed by atoms with Gasteiger partial charge in [0.1, 0.15) is 12.5 Å². The summed E-state index contributed by atoms with van der Waals surface area (Å²) in [6.45, 7) is -0.420. The predicted molar refractivity (Wildman–Crippen MR) is 145 cm³/mol. The minimum Gasteiger partial charge on any atom is -0.481 e. The number of carboxylic acids is 1. The maximum absolute atomic E-state index is 13.8. The Morgan fingerprint density at radius 1 is 0.950 bits per heavy atom. The lowest BCUT2D eigenvalue weighted by Gasteiger charge is -2.28. The van der Waals surface area contributed by atoms with Crippen molar-refractivity contribution in [2.45, 2.75) is 24.9 Å². The Morgan fingerprint density at radius 2 is 1.57 bits per heavy atom. The summed E-state index contributed by atoms with van der Waals surface area (Å²) in [5, 5.41) is 24.6. The molecular weight excluding hydrogens is 516 g/mol. The zero-order valence-electron chi connectivity index (χ0n) is 21.1. The standard InChI is InChI=1S/C29H26N4O7/c34-17-20(15-24(36)37)30-23(35)16-33-22-14-8-7-13-21(22)25(18-9-3-1-4-10-18)31-27(29(33)40)32-28(39)26(38)19-11-5-2-6-12-19/h1-14,17,20,23,27,30,35H,15-16H2,(H,32,39)(H,36,37)/t20-,23?,27?/m0/s1. The van der Waals surface area contributed by atoms with Crippen molar-refractivity contribution in [3.8, 4) is 0 Å². The summed E-state index contributed by atoms with van der Waals surface area (Å²) in [7, 11) is 0. The van der Waals surface area contributed by atoms with Gasteiger partial charge in [-0.05, 0) is 6.07 Å². The number of fused-ring (bicyclic) bond motifs is 1. The molecule has 2 amide bonds. The Labute approximate surface area is 229 Å². The quantitative estimate of drug-likeness (QED) is 0.121. The van der Waals surface area contributed by atoms with Crippen LogP contribution in [0.15, 0.2) is 89.9 Å². The average molecular weight is 543 g/mol. The largest absolute Gasteiger partial charge is 0.481 e. The monoisotopic (exact) mass is 542 g/mol. The fourth-order valence-corrected chi connectivity index (χ4v) is 4.26. The molecule has 0 bridgehead atoms. The second kappa shape index (κ2) is 12.7. The van der Waals surface area contributed by atoms with Gasteiger partial charge < -0.3 is 25.2 Å². The third-order valence-corrected chi connectivity index (χ3v) is 6.09. The number of aliphatic carboxylic acids is 1. The van der Waals surface area contributed by atoms with E-state index in [4.69, 9.17) is 5.11 Å². The Bertz CT molecular complexity index is 1440. The van der Waals surface area contributed by atoms with Crippen LogP contribution in [0.3, 0.4) is 0 Å². The molecule has 3 aromatic carbocycles. The number of aldehydes is 1. The van der Waals surface area contributed by atoms with Crippen molar-refractivity contribution in [2.75, 3.05) is 11.4 Å². The molecule has 0 aliphatic carbocycles. The Balaban J connectivity index is 1.72. The van der Waals surface area contributed by atoms with E-state index in [1.807, 2.05) is 6.07 Å². The van der Waals surface area contributed by atoms with Crippen molar-refractivity contribution in [3.63, 3.8) is 0 Å². The third kappa shape index (κ3) is 6.52. The van der Waals surface area contributed by atoms with Gasteiger partial charge >= 0.3 is 5.97 Å². The van der Waals surface area contributed by atoms with Gasteiger partial charge in [0.25, 0.3) is 11.8 Å². The number of benzodiazepines with no additional fused rings is 1. The maximum atomic E-state index is 13.8. The number of nitrogens with one attached hydrogen (secondary N) is 2. The molecule has 204 valence electrons. The average Bonchev–Trinajstić information content (AvgIpc) is 3.07. The molecule has 0 saturated carbocycles. The van der Waals surface area contributed by atoms with E-state index >= 15 is 0 Å². The van der Waals surface area contributed by atoms with Gasteiger partial charge in [-0.15, -0.1) is 0 Å². The number of aliphatic imine (C=N–C) groups is 1. The van der Waals surface area contributed by atoms with E-state index < -0.39 is 55.0 Å². The normalized spacial score (nSPS) is 16.1. The first-order valence-electron chi connectivity index (χ1n) is 12.3. The Morgan fingerprint density at radius 3 is 2.23 bits per heavy atom. The summed E-state index contributed by atoms with van der Waals surface area (Å²) in [6.07, 6.45) is -3.29. The summed E-state index contributed by atoms with van der Waals surface area (Å²) in [5.41, 5.74) is 2.00. The number of para-hydroxylation sites is 1. The van der Waals surface area contributed by atoms with Crippen molar-refractivity contribution >= 4 is 41.3 Å². The number of anilines is 1. The number of carboxylic acid groups (broad SMARTS) is 1. The highest BCUT2D eigenvalue weighted by Crippen LogP contribution is 2.28. The lowest BCUT2D eigenvalue weighted by atomic mass is 10.0. The van der Waals surface area contributed by atoms with Crippen molar-refractivity contribution < 1.29 is 34.2 Å². The van der Waals surface area contributed by atoms with Crippen LogP contribution in [0, 0.1) is 0 Å². The Kier molecular flexibility index (Phi) is 8.89. The molecule has 11 heteroatoms. The number of hydrogen-bond acceptors (Lipinski definition) is 8. The molecule has 3 aromatic rings. The Hall–Kier alpha value is -5.00. The van der Waals surface area contributed by atoms with Crippen LogP contribution >= 0.6 is 0 Å². The highest BCUT2D eigenvalue weighted by molar-refractivity contribution is 6.43. The number of β-amino-alcohol motifs (C(OH)–C–C–N with tert-alkyl or cyclic N) is 1. The summed E-state index contributed by atoms with van der Waals surface area (Å²) >= 11 is 0. The molecule has 40 heavy (non-hydrogen) atoms. The summed E-state index contributed by atoms with van der Waals surface area (Å²) in [6, 6.07) is 22.3. The molecule has 4 rings (SSSR count). The van der Waals surface area contributed by atoms with Gasteiger partial charge in [-0.25, -0.2) is 4.99 Å². The number of hydrogen-bond donors (Lipinski definition) is 4. The number of aliphatic hydroxyl groups excluding tert-OH is 1. The third-order valence-electron chi connectivity index (χ3n) is 6.09. The van der Waals surface area contributed by atoms with Gasteiger partial charge in [0.2, 0.25) is 11.9 Å². The van der Waals surface area contributed by atoms with E-state index in [2.05, 4.69) is 15.6 Å². The predicted octanol–water partition coefficient (Wildman–Crippen LogP) is 1.15. The second-order valence-corrected chi connectivity index (χ2v) is 8.90. The number of benzene rings is 3. The van der Waals surface area contributed by atoms with Crippen LogP contribution in [-0.2, 0) is 19.2 Å². The number of Topliss-reactive ketones (excluding diaryl/α,β-unsaturated/α-hetero) is 1. The van der Waals surface area contributed by atoms with E-state index in [1.165, 1.54) is 17.0 Å². The van der Waals surface area contributed by atoms with Gasteiger partial charge in [0.05, 0.1) is 30.4 Å². The van der Waals surface area contributed by atoms with Crippen molar-refractivity contribution in [3.05, 3.63) is 102 Å². The summed E-state index contributed by atoms with van der Waals surface area (Å²) in [4.78, 5) is 67.7. The van der Waals surface area contributed by atoms with Gasteiger partial charge in [-0.3, -0.25) is 24.5 Å². The minimum atomic E-state index is -1.55. The molecule has 0 saturated heterocycles. The van der Waals surface area contributed by atoms with Crippen LogP contribution < -0.4 is 15.5 Å². The van der Waals surface area contributed by atoms with E-state index in [-0.39, 0.29) is 5.56 Å². The minimum absolute atomic E-state index is 0.131. The number of carbonyl (C=O) groups is 5. The van der Waals surface area contributed by atoms with Crippen LogP contribution in [0.2, 0.25) is 0 Å². The zero-order valence-corrected chi connectivity index (χ0v) is 21.1. The first-order chi connectivity index (χ1) is 19.3. The molecule has 0 radical (unpaired) electrons. The number of rotatable bonds is 11. The fraction of sp³-hybridized carbons (Fsp3) is 0.172. The molecular formula is C29H26N4O7. The molecule has 1 aliphatic heterocycles. The highest BCUT2D eigenvalue weighted by Gasteiger charge is 2.35. The molecule has 0 spiro atoms. The van der Waals surface area contributed by atoms with E-state index in [9.17, 15) is 29.1 Å². The van der Waals surface area contributed by atoms with Crippen LogP contribution in [0.5, 0.6) is 0 Å². The number of ketones is 1. The van der Waals surface area contributed by atoms with Crippen molar-refractivity contribution in [1.29, 1.82) is 0 Å². The van der Waals surface area contributed by atoms with Crippen LogP contribution in [0.1, 0.15) is 27.9 Å². The number of amides is 2. The maximum Gasteiger partial charge on any atom is 0.305 e. The number of carbonyl (C=O) groups excluding carboxylic acids is 4. The molecule has 4 N–H and O–H groups in total. The van der Waals surface area contributed by atoms with Crippen molar-refractivity contribution in [2.24, 2.45) is 4.99 Å². The van der Waals surface area contributed by atoms with Gasteiger partial charge in [0, 0.05) is 16.7 Å². The molecule has 1 heterocycles. The smallest absolute Gasteiger partial charge is 0.305 e. The van der Waals surface area contributed by atoms with Crippen LogP contribution in [0.4, 0.5) is 5.69 Å².